The first-order valence-electron chi connectivity index (χ1n) is 5.84. The van der Waals surface area contributed by atoms with Gasteiger partial charge in [-0.3, -0.25) is 9.36 Å². The third kappa shape index (κ3) is 2.39. The lowest BCUT2D eigenvalue weighted by Crippen LogP contribution is -2.14. The van der Waals surface area contributed by atoms with Gasteiger partial charge in [0.15, 0.2) is 0 Å². The molecule has 0 bridgehead atoms. The topological polar surface area (TPSA) is 25.2 Å². The number of benzene rings is 1. The fourth-order valence-electron chi connectivity index (χ4n) is 2.05. The summed E-state index contributed by atoms with van der Waals surface area (Å²) in [7, 11) is 4.12. The minimum Gasteiger partial charge on any atom is -0.309 e. The van der Waals surface area contributed by atoms with Crippen LogP contribution in [0.5, 0.6) is 0 Å². The van der Waals surface area contributed by atoms with E-state index in [9.17, 15) is 4.79 Å². The second kappa shape index (κ2) is 4.72. The van der Waals surface area contributed by atoms with Crippen LogP contribution in [-0.2, 0) is 6.42 Å². The van der Waals surface area contributed by atoms with Crippen LogP contribution in [0.15, 0.2) is 30.5 Å². The van der Waals surface area contributed by atoms with E-state index in [-0.39, 0.29) is 5.91 Å². The lowest BCUT2D eigenvalue weighted by molar-refractivity contribution is 0.0941. The average molecular weight is 230 g/mol. The van der Waals surface area contributed by atoms with Gasteiger partial charge in [0.1, 0.15) is 0 Å². The number of hydrogen-bond acceptors (Lipinski definition) is 2. The molecule has 0 atom stereocenters. The number of carbonyl (C=O) groups is 1. The lowest BCUT2D eigenvalue weighted by atomic mass is 10.1. The first-order valence-corrected chi connectivity index (χ1v) is 5.84. The van der Waals surface area contributed by atoms with Gasteiger partial charge in [-0.2, -0.15) is 0 Å². The van der Waals surface area contributed by atoms with Gasteiger partial charge in [0.25, 0.3) is 0 Å². The summed E-state index contributed by atoms with van der Waals surface area (Å²) in [5.41, 5.74) is 2.25. The maximum Gasteiger partial charge on any atom is 0.227 e. The molecule has 1 heterocycles. The van der Waals surface area contributed by atoms with Gasteiger partial charge in [-0.15, -0.1) is 0 Å². The summed E-state index contributed by atoms with van der Waals surface area (Å²) in [4.78, 5) is 13.7. The van der Waals surface area contributed by atoms with Crippen molar-refractivity contribution in [1.29, 1.82) is 0 Å². The van der Waals surface area contributed by atoms with Gasteiger partial charge in [-0.25, -0.2) is 0 Å². The Morgan fingerprint density at radius 2 is 2.00 bits per heavy atom. The van der Waals surface area contributed by atoms with Crippen molar-refractivity contribution in [2.45, 2.75) is 13.3 Å². The molecule has 0 radical (unpaired) electrons. The van der Waals surface area contributed by atoms with E-state index in [0.29, 0.717) is 0 Å². The second-order valence-corrected chi connectivity index (χ2v) is 4.61. The largest absolute Gasteiger partial charge is 0.309 e. The quantitative estimate of drug-likeness (QED) is 0.809. The van der Waals surface area contributed by atoms with E-state index in [4.69, 9.17) is 0 Å². The summed E-state index contributed by atoms with van der Waals surface area (Å²) in [6, 6.07) is 8.07. The molecular weight excluding hydrogens is 212 g/mol. The van der Waals surface area contributed by atoms with Crippen LogP contribution in [0.3, 0.4) is 0 Å². The molecule has 0 amide bonds. The second-order valence-electron chi connectivity index (χ2n) is 4.61. The Hall–Kier alpha value is -1.61. The first-order chi connectivity index (χ1) is 8.09. The molecule has 0 fully saturated rings. The van der Waals surface area contributed by atoms with Crippen molar-refractivity contribution in [2.24, 2.45) is 0 Å². The van der Waals surface area contributed by atoms with Gasteiger partial charge < -0.3 is 4.90 Å². The van der Waals surface area contributed by atoms with E-state index in [1.54, 1.807) is 11.5 Å². The number of aromatic nitrogens is 1. The maximum absolute atomic E-state index is 11.6. The highest BCUT2D eigenvalue weighted by Crippen LogP contribution is 2.21. The summed E-state index contributed by atoms with van der Waals surface area (Å²) < 4.78 is 1.74. The molecule has 0 unspecified atom stereocenters. The predicted molar refractivity (Wildman–Crippen MR) is 70.5 cm³/mol. The SMILES string of the molecule is CC(=O)n1cc(CCN(C)C)c2ccccc21. The molecule has 90 valence electrons. The van der Waals surface area contributed by atoms with Crippen molar-refractivity contribution in [3.63, 3.8) is 0 Å². The number of fused-ring (bicyclic) bond motifs is 1. The Morgan fingerprint density at radius 3 is 2.65 bits per heavy atom. The molecule has 0 spiro atoms. The van der Waals surface area contributed by atoms with Crippen LogP contribution in [-0.4, -0.2) is 36.0 Å². The zero-order valence-corrected chi connectivity index (χ0v) is 10.6. The zero-order valence-electron chi connectivity index (χ0n) is 10.6. The van der Waals surface area contributed by atoms with Gasteiger partial charge in [0, 0.05) is 25.1 Å². The van der Waals surface area contributed by atoms with E-state index in [0.717, 1.165) is 18.5 Å². The highest BCUT2D eigenvalue weighted by molar-refractivity contribution is 5.93. The number of rotatable bonds is 3. The number of carbonyl (C=O) groups excluding carboxylic acids is 1. The molecule has 0 aliphatic heterocycles. The Labute approximate surface area is 102 Å². The van der Waals surface area contributed by atoms with Crippen molar-refractivity contribution in [3.05, 3.63) is 36.0 Å². The van der Waals surface area contributed by atoms with Gasteiger partial charge in [-0.1, -0.05) is 18.2 Å². The highest BCUT2D eigenvalue weighted by atomic mass is 16.1. The minimum absolute atomic E-state index is 0.0669. The van der Waals surface area contributed by atoms with Crippen LogP contribution >= 0.6 is 0 Å². The molecule has 2 rings (SSSR count). The van der Waals surface area contributed by atoms with Crippen molar-refractivity contribution in [1.82, 2.24) is 9.47 Å². The van der Waals surface area contributed by atoms with Crippen molar-refractivity contribution in [2.75, 3.05) is 20.6 Å². The molecule has 0 saturated carbocycles. The molecule has 0 N–H and O–H groups in total. The summed E-state index contributed by atoms with van der Waals surface area (Å²) >= 11 is 0. The molecule has 3 nitrogen and oxygen atoms in total. The zero-order chi connectivity index (χ0) is 12.4. The number of para-hydroxylation sites is 1. The maximum atomic E-state index is 11.6. The molecule has 2 aromatic rings. The Bertz CT molecular complexity index is 540. The van der Waals surface area contributed by atoms with Gasteiger partial charge in [0.05, 0.1) is 5.52 Å². The molecule has 17 heavy (non-hydrogen) atoms. The lowest BCUT2D eigenvalue weighted by Gasteiger charge is -2.07. The fraction of sp³-hybridized carbons (Fsp3) is 0.357. The summed E-state index contributed by atoms with van der Waals surface area (Å²) in [6.45, 7) is 2.59. The molecule has 0 aliphatic rings. The molecule has 1 aromatic carbocycles. The van der Waals surface area contributed by atoms with Crippen LogP contribution in [0.4, 0.5) is 0 Å². The van der Waals surface area contributed by atoms with Crippen LogP contribution in [0.25, 0.3) is 10.9 Å². The average Bonchev–Trinajstić information content (AvgIpc) is 2.65. The van der Waals surface area contributed by atoms with E-state index in [1.807, 2.05) is 24.4 Å². The minimum atomic E-state index is 0.0669. The molecule has 1 aromatic heterocycles. The Kier molecular flexibility index (Phi) is 3.29. The Morgan fingerprint density at radius 1 is 1.29 bits per heavy atom. The first kappa shape index (κ1) is 11.9. The number of likely N-dealkylation sites (N-methyl/N-ethyl adjacent to an activating group) is 1. The number of hydrogen-bond donors (Lipinski definition) is 0. The Balaban J connectivity index is 2.45. The molecular formula is C14H18N2O. The van der Waals surface area contributed by atoms with Gasteiger partial charge >= 0.3 is 0 Å². The van der Waals surface area contributed by atoms with Crippen molar-refractivity contribution >= 4 is 16.8 Å². The fourth-order valence-corrected chi connectivity index (χ4v) is 2.05. The predicted octanol–water partition coefficient (Wildman–Crippen LogP) is 2.41. The van der Waals surface area contributed by atoms with Crippen molar-refractivity contribution in [3.8, 4) is 0 Å². The molecule has 0 aliphatic carbocycles. The van der Waals surface area contributed by atoms with Crippen molar-refractivity contribution < 1.29 is 4.79 Å². The van der Waals surface area contributed by atoms with E-state index < -0.39 is 0 Å². The summed E-state index contributed by atoms with van der Waals surface area (Å²) in [5.74, 6) is 0.0669. The van der Waals surface area contributed by atoms with Crippen LogP contribution < -0.4 is 0 Å². The van der Waals surface area contributed by atoms with E-state index >= 15 is 0 Å². The van der Waals surface area contributed by atoms with Crippen LogP contribution in [0.1, 0.15) is 17.3 Å². The molecule has 0 saturated heterocycles. The van der Waals surface area contributed by atoms with E-state index in [2.05, 4.69) is 25.1 Å². The summed E-state index contributed by atoms with van der Waals surface area (Å²) in [5, 5.41) is 1.18. The molecule has 3 heteroatoms. The number of nitrogens with zero attached hydrogens (tertiary/aromatic N) is 2. The normalized spacial score (nSPS) is 11.3. The smallest absolute Gasteiger partial charge is 0.227 e. The third-order valence-electron chi connectivity index (χ3n) is 2.96. The van der Waals surface area contributed by atoms with E-state index in [1.165, 1.54) is 10.9 Å². The highest BCUT2D eigenvalue weighted by Gasteiger charge is 2.10. The van der Waals surface area contributed by atoms with Gasteiger partial charge in [0.2, 0.25) is 5.91 Å². The third-order valence-corrected chi connectivity index (χ3v) is 2.96. The van der Waals surface area contributed by atoms with Gasteiger partial charge in [-0.05, 0) is 32.1 Å². The van der Waals surface area contributed by atoms with Crippen LogP contribution in [0, 0.1) is 0 Å². The standard InChI is InChI=1S/C14H18N2O/c1-11(17)16-10-12(8-9-15(2)3)13-6-4-5-7-14(13)16/h4-7,10H,8-9H2,1-3H3. The monoisotopic (exact) mass is 230 g/mol. The van der Waals surface area contributed by atoms with Crippen LogP contribution in [0.2, 0.25) is 0 Å². The summed E-state index contributed by atoms with van der Waals surface area (Å²) in [6.07, 6.45) is 2.93.